The summed E-state index contributed by atoms with van der Waals surface area (Å²) in [5.74, 6) is 3.84. The second kappa shape index (κ2) is 11.6. The summed E-state index contributed by atoms with van der Waals surface area (Å²) in [5.41, 5.74) is 10.5. The van der Waals surface area contributed by atoms with Crippen LogP contribution in [-0.4, -0.2) is 60.3 Å². The molecule has 5 rings (SSSR count). The zero-order valence-corrected chi connectivity index (χ0v) is 26.9. The number of sulfone groups is 1. The van der Waals surface area contributed by atoms with E-state index in [0.717, 1.165) is 11.8 Å². The molecule has 1 aliphatic rings. The Labute approximate surface area is 257 Å². The van der Waals surface area contributed by atoms with Gasteiger partial charge in [-0.05, 0) is 51.2 Å². The fourth-order valence-corrected chi connectivity index (χ4v) is 7.25. The van der Waals surface area contributed by atoms with Crippen molar-refractivity contribution in [3.05, 3.63) is 65.6 Å². The van der Waals surface area contributed by atoms with Crippen molar-refractivity contribution in [3.8, 4) is 0 Å². The van der Waals surface area contributed by atoms with Crippen LogP contribution in [0.5, 0.6) is 0 Å². The van der Waals surface area contributed by atoms with Crippen LogP contribution in [0.25, 0.3) is 27.6 Å². The van der Waals surface area contributed by atoms with Gasteiger partial charge in [-0.3, -0.25) is 4.98 Å². The number of nitrogens with zero attached hydrogens (tertiary/aromatic N) is 5. The molecule has 1 atom stereocenters. The van der Waals surface area contributed by atoms with Crippen LogP contribution in [0, 0.1) is 5.92 Å². The zero-order valence-electron chi connectivity index (χ0n) is 26.1. The van der Waals surface area contributed by atoms with Gasteiger partial charge in [-0.15, -0.1) is 0 Å². The summed E-state index contributed by atoms with van der Waals surface area (Å²) in [6, 6.07) is 11.2. The summed E-state index contributed by atoms with van der Waals surface area (Å²) in [6.07, 6.45) is 4.32. The third-order valence-electron chi connectivity index (χ3n) is 8.74. The van der Waals surface area contributed by atoms with Gasteiger partial charge in [0.2, 0.25) is 5.92 Å². The molecular weight excluding hydrogens is 584 g/mol. The number of hydrazine groups is 1. The lowest BCUT2D eigenvalue weighted by molar-refractivity contribution is -0.0493. The van der Waals surface area contributed by atoms with Gasteiger partial charge in [-0.25, -0.2) is 28.0 Å². The fraction of sp³-hybridized carbons (Fsp3) is 0.438. The molecule has 9 nitrogen and oxygen atoms in total. The first kappa shape index (κ1) is 31.6. The van der Waals surface area contributed by atoms with E-state index in [4.69, 9.17) is 16.6 Å². The van der Waals surface area contributed by atoms with E-state index in [-0.39, 0.29) is 42.5 Å². The number of benzene rings is 1. The normalized spacial score (nSPS) is 17.2. The highest BCUT2D eigenvalue weighted by Crippen LogP contribution is 2.48. The van der Waals surface area contributed by atoms with Crippen LogP contribution in [0.2, 0.25) is 0 Å². The van der Waals surface area contributed by atoms with Crippen molar-refractivity contribution in [3.63, 3.8) is 0 Å². The molecule has 0 spiro atoms. The van der Waals surface area contributed by atoms with Crippen molar-refractivity contribution in [1.82, 2.24) is 19.5 Å². The molecule has 44 heavy (non-hydrogen) atoms. The van der Waals surface area contributed by atoms with E-state index in [1.807, 2.05) is 66.8 Å². The lowest BCUT2D eigenvalue weighted by atomic mass is 9.79. The van der Waals surface area contributed by atoms with Gasteiger partial charge in [0.25, 0.3) is 0 Å². The number of nitrogens with two attached hydrogens (primary N) is 2. The average Bonchev–Trinajstić information content (AvgIpc) is 3.27. The largest absolute Gasteiger partial charge is 0.401 e. The van der Waals surface area contributed by atoms with Crippen molar-refractivity contribution in [2.75, 3.05) is 25.3 Å². The van der Waals surface area contributed by atoms with Gasteiger partial charge in [0.15, 0.2) is 9.84 Å². The molecule has 3 aromatic heterocycles. The van der Waals surface area contributed by atoms with Gasteiger partial charge in [0, 0.05) is 56.7 Å². The minimum absolute atomic E-state index is 0.0401. The van der Waals surface area contributed by atoms with Crippen LogP contribution < -0.4 is 16.5 Å². The van der Waals surface area contributed by atoms with Crippen molar-refractivity contribution >= 4 is 43.3 Å². The molecule has 0 aliphatic heterocycles. The van der Waals surface area contributed by atoms with E-state index in [2.05, 4.69) is 4.98 Å². The van der Waals surface area contributed by atoms with Gasteiger partial charge >= 0.3 is 0 Å². The standard InChI is InChI=1S/C32H41F2N7O2S/c1-19(2)39(4)31-26-27-24(16-23(17-37-27)28(20(3)35)40(5)36)41(30(26)25(18-38-31)44(6,42)43)29(21-10-8-7-9-11-21)22-12-14-32(33,34)15-13-22/h7-11,16-19,22,29H,12-15,35-36H2,1-6H3/b28-20-. The van der Waals surface area contributed by atoms with Crippen molar-refractivity contribution in [1.29, 1.82) is 0 Å². The summed E-state index contributed by atoms with van der Waals surface area (Å²) in [6.45, 7) is 5.79. The summed E-state index contributed by atoms with van der Waals surface area (Å²) in [4.78, 5) is 11.6. The van der Waals surface area contributed by atoms with Gasteiger partial charge in [-0.2, -0.15) is 0 Å². The van der Waals surface area contributed by atoms with Crippen LogP contribution in [0.15, 0.2) is 59.4 Å². The topological polar surface area (TPSA) is 123 Å². The Morgan fingerprint density at radius 2 is 1.73 bits per heavy atom. The van der Waals surface area contributed by atoms with E-state index in [9.17, 15) is 17.2 Å². The highest BCUT2D eigenvalue weighted by Gasteiger charge is 2.40. The number of alkyl halides is 2. The molecule has 0 bridgehead atoms. The van der Waals surface area contributed by atoms with Gasteiger partial charge in [0.05, 0.1) is 39.9 Å². The first-order valence-corrected chi connectivity index (χ1v) is 16.6. The van der Waals surface area contributed by atoms with Gasteiger partial charge in [0.1, 0.15) is 10.7 Å². The highest BCUT2D eigenvalue weighted by molar-refractivity contribution is 7.91. The Kier molecular flexibility index (Phi) is 8.36. The van der Waals surface area contributed by atoms with Crippen molar-refractivity contribution < 1.29 is 17.2 Å². The quantitative estimate of drug-likeness (QED) is 0.189. The number of halogens is 2. The van der Waals surface area contributed by atoms with Crippen molar-refractivity contribution in [2.24, 2.45) is 17.5 Å². The predicted molar refractivity (Wildman–Crippen MR) is 172 cm³/mol. The Morgan fingerprint density at radius 1 is 1.09 bits per heavy atom. The number of aromatic nitrogens is 3. The zero-order chi connectivity index (χ0) is 32.1. The number of allylic oxidation sites excluding steroid dienone is 1. The number of fused-ring (bicyclic) bond motifs is 3. The van der Waals surface area contributed by atoms with Gasteiger partial charge < -0.3 is 20.2 Å². The van der Waals surface area contributed by atoms with Crippen LogP contribution in [-0.2, 0) is 9.84 Å². The molecular formula is C32H41F2N7O2S. The van der Waals surface area contributed by atoms with E-state index in [1.54, 1.807) is 20.2 Å². The minimum atomic E-state index is -3.79. The van der Waals surface area contributed by atoms with E-state index < -0.39 is 21.8 Å². The van der Waals surface area contributed by atoms with Crippen LogP contribution >= 0.6 is 0 Å². The maximum absolute atomic E-state index is 14.5. The molecule has 1 fully saturated rings. The summed E-state index contributed by atoms with van der Waals surface area (Å²) in [5, 5.41) is 2.01. The van der Waals surface area contributed by atoms with Gasteiger partial charge in [-0.1, -0.05) is 30.3 Å². The third kappa shape index (κ3) is 5.72. The Hall–Kier alpha value is -3.77. The Bertz CT molecular complexity index is 1820. The Morgan fingerprint density at radius 3 is 2.27 bits per heavy atom. The second-order valence-electron chi connectivity index (χ2n) is 12.3. The molecule has 1 aliphatic carbocycles. The number of pyridine rings is 2. The molecule has 0 saturated heterocycles. The molecule has 236 valence electrons. The third-order valence-corrected chi connectivity index (χ3v) is 9.84. The summed E-state index contributed by atoms with van der Waals surface area (Å²) >= 11 is 0. The molecule has 4 aromatic rings. The summed E-state index contributed by atoms with van der Waals surface area (Å²) < 4.78 is 57.8. The van der Waals surface area contributed by atoms with E-state index in [1.165, 1.54) is 11.2 Å². The predicted octanol–water partition coefficient (Wildman–Crippen LogP) is 5.70. The molecule has 0 amide bonds. The second-order valence-corrected chi connectivity index (χ2v) is 14.3. The number of rotatable bonds is 8. The molecule has 12 heteroatoms. The fourth-order valence-electron chi connectivity index (χ4n) is 6.45. The lowest BCUT2D eigenvalue weighted by Crippen LogP contribution is -2.31. The highest BCUT2D eigenvalue weighted by atomic mass is 32.2. The SMILES string of the molecule is C/C(N)=C(\c1cnc2c3c(N(C)C(C)C)ncc(S(C)(=O)=O)c3n(C(c3ccccc3)C3CCC(F)(F)CC3)c2c1)N(C)N. The monoisotopic (exact) mass is 625 g/mol. The van der Waals surface area contributed by atoms with Crippen LogP contribution in [0.1, 0.15) is 63.6 Å². The van der Waals surface area contributed by atoms with E-state index in [0.29, 0.717) is 44.7 Å². The van der Waals surface area contributed by atoms with Crippen molar-refractivity contribution in [2.45, 2.75) is 69.4 Å². The average molecular weight is 626 g/mol. The molecule has 0 radical (unpaired) electrons. The number of anilines is 1. The summed E-state index contributed by atoms with van der Waals surface area (Å²) in [7, 11) is -0.199. The number of hydrogen-bond donors (Lipinski definition) is 2. The molecule has 1 saturated carbocycles. The first-order chi connectivity index (χ1) is 20.6. The maximum Gasteiger partial charge on any atom is 0.248 e. The molecule has 4 N–H and O–H groups in total. The van der Waals surface area contributed by atoms with E-state index >= 15 is 0 Å². The number of hydrogen-bond acceptors (Lipinski definition) is 8. The smallest absolute Gasteiger partial charge is 0.248 e. The van der Waals surface area contributed by atoms with Crippen LogP contribution in [0.4, 0.5) is 14.6 Å². The Balaban J connectivity index is 1.99. The molecule has 3 heterocycles. The molecule has 1 aromatic carbocycles. The lowest BCUT2D eigenvalue weighted by Gasteiger charge is -2.36. The molecule has 1 unspecified atom stereocenters. The minimum Gasteiger partial charge on any atom is -0.401 e. The van der Waals surface area contributed by atoms with Crippen LogP contribution in [0.3, 0.4) is 0 Å². The first-order valence-electron chi connectivity index (χ1n) is 14.8. The maximum atomic E-state index is 14.5.